The summed E-state index contributed by atoms with van der Waals surface area (Å²) >= 11 is 0. The second kappa shape index (κ2) is 4.45. The number of hydrogen-bond acceptors (Lipinski definition) is 2. The molecule has 21 heavy (non-hydrogen) atoms. The molecule has 0 fully saturated rings. The molecule has 0 aliphatic heterocycles. The first kappa shape index (κ1) is 12.2. The maximum absolute atomic E-state index is 12.5. The Kier molecular flexibility index (Phi) is 2.58. The molecule has 0 unspecified atom stereocenters. The fourth-order valence-electron chi connectivity index (χ4n) is 3.06. The van der Waals surface area contributed by atoms with Gasteiger partial charge in [0.1, 0.15) is 5.76 Å². The molecule has 0 amide bonds. The number of benzene rings is 3. The molecule has 0 atom stereocenters. The normalized spacial score (nSPS) is 14.1. The number of carbonyl (C=O) groups excluding carboxylic acids is 1. The van der Waals surface area contributed by atoms with Gasteiger partial charge in [0.05, 0.1) is 13.5 Å². The Labute approximate surface area is 122 Å². The summed E-state index contributed by atoms with van der Waals surface area (Å²) in [6.45, 7) is 0. The quantitative estimate of drug-likeness (QED) is 0.608. The van der Waals surface area contributed by atoms with Gasteiger partial charge in [0.2, 0.25) is 0 Å². The number of ketones is 1. The molecule has 3 aromatic carbocycles. The lowest BCUT2D eigenvalue weighted by Crippen LogP contribution is -2.10. The number of hydrogen-bond donors (Lipinski definition) is 0. The van der Waals surface area contributed by atoms with Gasteiger partial charge in [-0.3, -0.25) is 4.79 Å². The smallest absolute Gasteiger partial charge is 0.171 e. The van der Waals surface area contributed by atoms with Gasteiger partial charge in [0.25, 0.3) is 0 Å². The van der Waals surface area contributed by atoms with E-state index in [1.165, 1.54) is 5.39 Å². The molecule has 102 valence electrons. The van der Waals surface area contributed by atoms with Gasteiger partial charge in [-0.15, -0.1) is 0 Å². The van der Waals surface area contributed by atoms with Crippen LogP contribution < -0.4 is 0 Å². The second-order valence-electron chi connectivity index (χ2n) is 5.37. The highest BCUT2D eigenvalue weighted by molar-refractivity contribution is 6.15. The topological polar surface area (TPSA) is 26.3 Å². The van der Waals surface area contributed by atoms with E-state index >= 15 is 0 Å². The highest BCUT2D eigenvalue weighted by atomic mass is 16.5. The molecule has 0 bridgehead atoms. The zero-order valence-electron chi connectivity index (χ0n) is 11.7. The van der Waals surface area contributed by atoms with Crippen molar-refractivity contribution in [2.45, 2.75) is 6.42 Å². The van der Waals surface area contributed by atoms with Crippen LogP contribution >= 0.6 is 0 Å². The van der Waals surface area contributed by atoms with Gasteiger partial charge in [-0.25, -0.2) is 0 Å². The van der Waals surface area contributed by atoms with Crippen LogP contribution in [-0.2, 0) is 4.74 Å². The van der Waals surface area contributed by atoms with E-state index in [0.717, 1.165) is 33.0 Å². The van der Waals surface area contributed by atoms with E-state index in [-0.39, 0.29) is 5.78 Å². The lowest BCUT2D eigenvalue weighted by atomic mass is 9.89. The van der Waals surface area contributed by atoms with E-state index in [2.05, 4.69) is 30.3 Å². The summed E-state index contributed by atoms with van der Waals surface area (Å²) in [5, 5.41) is 4.49. The second-order valence-corrected chi connectivity index (χ2v) is 5.37. The molecule has 0 heterocycles. The Morgan fingerprint density at radius 3 is 2.48 bits per heavy atom. The maximum Gasteiger partial charge on any atom is 0.171 e. The third-order valence-electron chi connectivity index (χ3n) is 4.11. The zero-order chi connectivity index (χ0) is 14.4. The minimum atomic E-state index is 0.130. The highest BCUT2D eigenvalue weighted by Crippen LogP contribution is 2.33. The van der Waals surface area contributed by atoms with E-state index < -0.39 is 0 Å². The Morgan fingerprint density at radius 1 is 0.952 bits per heavy atom. The van der Waals surface area contributed by atoms with Crippen LogP contribution in [0.4, 0.5) is 0 Å². The summed E-state index contributed by atoms with van der Waals surface area (Å²) in [5.41, 5.74) is 1.77. The van der Waals surface area contributed by atoms with Crippen LogP contribution in [0, 0.1) is 0 Å². The predicted molar refractivity (Wildman–Crippen MR) is 85.4 cm³/mol. The maximum atomic E-state index is 12.5. The zero-order valence-corrected chi connectivity index (χ0v) is 11.7. The third-order valence-corrected chi connectivity index (χ3v) is 4.11. The van der Waals surface area contributed by atoms with Crippen LogP contribution in [0.15, 0.2) is 54.3 Å². The van der Waals surface area contributed by atoms with Crippen LogP contribution in [-0.4, -0.2) is 12.9 Å². The van der Waals surface area contributed by atoms with Crippen molar-refractivity contribution in [2.24, 2.45) is 0 Å². The van der Waals surface area contributed by atoms with Crippen molar-refractivity contribution >= 4 is 33.4 Å². The average Bonchev–Trinajstić information content (AvgIpc) is 2.52. The van der Waals surface area contributed by atoms with Gasteiger partial charge in [-0.2, -0.15) is 0 Å². The standard InChI is InChI=1S/C19H14O2/c1-21-16-9-15-7-6-14-8-12-4-2-3-5-13(12)10-17(14)19(15)18(20)11-16/h2-10H,11H2,1H3. The Morgan fingerprint density at radius 2 is 1.71 bits per heavy atom. The minimum Gasteiger partial charge on any atom is -0.501 e. The molecular weight excluding hydrogens is 260 g/mol. The molecular formula is C19H14O2. The van der Waals surface area contributed by atoms with Crippen molar-refractivity contribution in [3.8, 4) is 0 Å². The van der Waals surface area contributed by atoms with Crippen molar-refractivity contribution in [2.75, 3.05) is 7.11 Å². The van der Waals surface area contributed by atoms with Crippen molar-refractivity contribution in [1.82, 2.24) is 0 Å². The first-order valence-electron chi connectivity index (χ1n) is 6.99. The van der Waals surface area contributed by atoms with Crippen LogP contribution in [0.1, 0.15) is 22.3 Å². The SMILES string of the molecule is COC1=Cc2ccc3cc4ccccc4cc3c2C(=O)C1. The average molecular weight is 274 g/mol. The summed E-state index contributed by atoms with van der Waals surface area (Å²) in [5.74, 6) is 0.859. The van der Waals surface area contributed by atoms with E-state index in [1.807, 2.05) is 24.3 Å². The first-order chi connectivity index (χ1) is 10.3. The van der Waals surface area contributed by atoms with Crippen molar-refractivity contribution in [3.63, 3.8) is 0 Å². The van der Waals surface area contributed by atoms with Gasteiger partial charge in [0.15, 0.2) is 5.78 Å². The highest BCUT2D eigenvalue weighted by Gasteiger charge is 2.21. The van der Waals surface area contributed by atoms with E-state index in [0.29, 0.717) is 6.42 Å². The van der Waals surface area contributed by atoms with Gasteiger partial charge in [-0.1, -0.05) is 36.4 Å². The van der Waals surface area contributed by atoms with Gasteiger partial charge in [-0.05, 0) is 45.3 Å². The molecule has 0 aromatic heterocycles. The molecule has 4 rings (SSSR count). The van der Waals surface area contributed by atoms with E-state index in [1.54, 1.807) is 7.11 Å². The summed E-state index contributed by atoms with van der Waals surface area (Å²) in [7, 11) is 1.61. The van der Waals surface area contributed by atoms with Crippen LogP contribution in [0.2, 0.25) is 0 Å². The fourth-order valence-corrected chi connectivity index (χ4v) is 3.06. The minimum absolute atomic E-state index is 0.130. The number of ether oxygens (including phenoxy) is 1. The van der Waals surface area contributed by atoms with Crippen LogP contribution in [0.3, 0.4) is 0 Å². The number of fused-ring (bicyclic) bond motifs is 4. The Hall–Kier alpha value is -2.61. The number of methoxy groups -OCH3 is 1. The van der Waals surface area contributed by atoms with Gasteiger partial charge >= 0.3 is 0 Å². The van der Waals surface area contributed by atoms with Crippen molar-refractivity contribution in [3.05, 3.63) is 65.4 Å². The van der Waals surface area contributed by atoms with Gasteiger partial charge in [0, 0.05) is 5.56 Å². The molecule has 0 N–H and O–H groups in total. The summed E-state index contributed by atoms with van der Waals surface area (Å²) in [4.78, 5) is 12.5. The molecule has 2 heteroatoms. The Balaban J connectivity index is 2.09. The molecule has 0 saturated heterocycles. The largest absolute Gasteiger partial charge is 0.501 e. The molecule has 2 nitrogen and oxygen atoms in total. The molecule has 0 saturated carbocycles. The lowest BCUT2D eigenvalue weighted by molar-refractivity contribution is 0.0972. The number of allylic oxidation sites excluding steroid dienone is 1. The molecule has 0 radical (unpaired) electrons. The van der Waals surface area contributed by atoms with Crippen molar-refractivity contribution in [1.29, 1.82) is 0 Å². The monoisotopic (exact) mass is 274 g/mol. The summed E-state index contributed by atoms with van der Waals surface area (Å²) in [6.07, 6.45) is 2.31. The lowest BCUT2D eigenvalue weighted by Gasteiger charge is -2.17. The van der Waals surface area contributed by atoms with Crippen molar-refractivity contribution < 1.29 is 9.53 Å². The molecule has 0 spiro atoms. The van der Waals surface area contributed by atoms with Crippen LogP contribution in [0.25, 0.3) is 27.6 Å². The van der Waals surface area contributed by atoms with Crippen LogP contribution in [0.5, 0.6) is 0 Å². The molecule has 1 aliphatic carbocycles. The van der Waals surface area contributed by atoms with E-state index in [9.17, 15) is 4.79 Å². The molecule has 1 aliphatic rings. The first-order valence-corrected chi connectivity index (χ1v) is 6.99. The Bertz CT molecular complexity index is 919. The number of Topliss-reactive ketones (excluding diaryl/α,β-unsaturated/α-hetero) is 1. The number of rotatable bonds is 1. The van der Waals surface area contributed by atoms with E-state index in [4.69, 9.17) is 4.74 Å². The summed E-state index contributed by atoms with van der Waals surface area (Å²) < 4.78 is 5.24. The molecule has 3 aromatic rings. The third kappa shape index (κ3) is 1.83. The predicted octanol–water partition coefficient (Wildman–Crippen LogP) is 4.57. The fraction of sp³-hybridized carbons (Fsp3) is 0.105. The number of carbonyl (C=O) groups is 1. The van der Waals surface area contributed by atoms with Gasteiger partial charge < -0.3 is 4.74 Å². The summed E-state index contributed by atoms with van der Waals surface area (Å²) in [6, 6.07) is 16.6.